The van der Waals surface area contributed by atoms with Crippen molar-refractivity contribution in [2.75, 3.05) is 49.1 Å². The van der Waals surface area contributed by atoms with Gasteiger partial charge in [0.2, 0.25) is 11.9 Å². The van der Waals surface area contributed by atoms with Gasteiger partial charge in [-0.15, -0.1) is 0 Å². The van der Waals surface area contributed by atoms with Crippen LogP contribution in [0.25, 0.3) is 0 Å². The maximum absolute atomic E-state index is 12.7. The Bertz CT molecular complexity index is 847. The van der Waals surface area contributed by atoms with Crippen LogP contribution in [0.15, 0.2) is 10.6 Å². The van der Waals surface area contributed by atoms with Crippen LogP contribution in [0.2, 0.25) is 0 Å². The summed E-state index contributed by atoms with van der Waals surface area (Å²) in [5, 5.41) is 3.97. The molecule has 0 radical (unpaired) electrons. The van der Waals surface area contributed by atoms with Crippen molar-refractivity contribution >= 4 is 17.7 Å². The molecule has 4 rings (SSSR count). The number of carbonyl (C=O) groups excluding carboxylic acids is 1. The van der Waals surface area contributed by atoms with Crippen LogP contribution >= 0.6 is 0 Å². The maximum atomic E-state index is 12.7. The molecular weight excluding hydrogens is 368 g/mol. The van der Waals surface area contributed by atoms with E-state index in [1.165, 1.54) is 12.8 Å². The fourth-order valence-corrected chi connectivity index (χ4v) is 4.19. The highest BCUT2D eigenvalue weighted by Crippen LogP contribution is 2.22. The number of carbonyl (C=O) groups is 1. The third-order valence-corrected chi connectivity index (χ3v) is 5.94. The number of aryl methyl sites for hydroxylation is 3. The van der Waals surface area contributed by atoms with Crippen LogP contribution in [0, 0.1) is 20.8 Å². The van der Waals surface area contributed by atoms with Gasteiger partial charge in [0.15, 0.2) is 0 Å². The predicted octanol–water partition coefficient (Wildman–Crippen LogP) is 2.27. The van der Waals surface area contributed by atoms with Crippen LogP contribution < -0.4 is 9.80 Å². The second-order valence-electron chi connectivity index (χ2n) is 8.03. The maximum Gasteiger partial charge on any atom is 0.227 e. The van der Waals surface area contributed by atoms with Crippen LogP contribution in [-0.2, 0) is 11.2 Å². The highest BCUT2D eigenvalue weighted by atomic mass is 16.5. The minimum absolute atomic E-state index is 0.196. The molecule has 4 heterocycles. The van der Waals surface area contributed by atoms with E-state index in [2.05, 4.69) is 26.0 Å². The smallest absolute Gasteiger partial charge is 0.227 e. The lowest BCUT2D eigenvalue weighted by molar-refractivity contribution is -0.131. The highest BCUT2D eigenvalue weighted by Gasteiger charge is 2.24. The zero-order chi connectivity index (χ0) is 20.4. The molecule has 156 valence electrons. The van der Waals surface area contributed by atoms with Crippen LogP contribution in [-0.4, -0.2) is 65.2 Å². The third kappa shape index (κ3) is 4.36. The average molecular weight is 399 g/mol. The average Bonchev–Trinajstić information content (AvgIpc) is 3.36. The SMILES string of the molecule is Cc1cc(N2CCN(C(=O)CCc3c(C)noc3C)CC2)nc(N2CCCC2)n1. The predicted molar refractivity (Wildman–Crippen MR) is 111 cm³/mol. The molecule has 0 spiro atoms. The third-order valence-electron chi connectivity index (χ3n) is 5.94. The summed E-state index contributed by atoms with van der Waals surface area (Å²) in [6, 6.07) is 2.05. The lowest BCUT2D eigenvalue weighted by Crippen LogP contribution is -2.49. The fraction of sp³-hybridized carbons (Fsp3) is 0.619. The molecule has 0 unspecified atom stereocenters. The van der Waals surface area contributed by atoms with Crippen LogP contribution in [0.4, 0.5) is 11.8 Å². The summed E-state index contributed by atoms with van der Waals surface area (Å²) >= 11 is 0. The molecule has 2 fully saturated rings. The molecule has 2 aliphatic heterocycles. The van der Waals surface area contributed by atoms with Crippen LogP contribution in [0.1, 0.15) is 42.0 Å². The lowest BCUT2D eigenvalue weighted by Gasteiger charge is -2.36. The molecule has 29 heavy (non-hydrogen) atoms. The van der Waals surface area contributed by atoms with Gasteiger partial charge in [0, 0.05) is 63.0 Å². The Hall–Kier alpha value is -2.64. The van der Waals surface area contributed by atoms with Gasteiger partial charge in [0.1, 0.15) is 11.6 Å². The van der Waals surface area contributed by atoms with Gasteiger partial charge in [-0.2, -0.15) is 4.98 Å². The molecule has 0 atom stereocenters. The quantitative estimate of drug-likeness (QED) is 0.764. The zero-order valence-corrected chi connectivity index (χ0v) is 17.6. The summed E-state index contributed by atoms with van der Waals surface area (Å²) < 4.78 is 5.20. The van der Waals surface area contributed by atoms with Crippen molar-refractivity contribution in [2.24, 2.45) is 0 Å². The van der Waals surface area contributed by atoms with E-state index < -0.39 is 0 Å². The Balaban J connectivity index is 1.34. The van der Waals surface area contributed by atoms with E-state index in [1.807, 2.05) is 25.7 Å². The first kappa shape index (κ1) is 19.7. The van der Waals surface area contributed by atoms with E-state index in [-0.39, 0.29) is 5.91 Å². The number of nitrogens with zero attached hydrogens (tertiary/aromatic N) is 6. The number of anilines is 2. The number of aromatic nitrogens is 3. The standard InChI is InChI=1S/C21H30N6O2/c1-15-14-19(23-21(22-15)27-8-4-5-9-27)25-10-12-26(13-11-25)20(28)7-6-18-16(2)24-29-17(18)3/h14H,4-13H2,1-3H3. The van der Waals surface area contributed by atoms with Gasteiger partial charge in [-0.3, -0.25) is 4.79 Å². The summed E-state index contributed by atoms with van der Waals surface area (Å²) in [6.45, 7) is 11.0. The van der Waals surface area contributed by atoms with Gasteiger partial charge in [-0.25, -0.2) is 4.98 Å². The van der Waals surface area contributed by atoms with Crippen molar-refractivity contribution in [3.8, 4) is 0 Å². The topological polar surface area (TPSA) is 78.6 Å². The van der Waals surface area contributed by atoms with Crippen LogP contribution in [0.5, 0.6) is 0 Å². The molecule has 2 saturated heterocycles. The van der Waals surface area contributed by atoms with E-state index in [0.29, 0.717) is 12.8 Å². The summed E-state index contributed by atoms with van der Waals surface area (Å²) in [7, 11) is 0. The molecule has 0 aliphatic carbocycles. The number of piperazine rings is 1. The Morgan fingerprint density at radius 3 is 2.38 bits per heavy atom. The summed E-state index contributed by atoms with van der Waals surface area (Å²) in [6.07, 6.45) is 3.60. The van der Waals surface area contributed by atoms with Gasteiger partial charge in [0.25, 0.3) is 0 Å². The van der Waals surface area contributed by atoms with Gasteiger partial charge in [-0.1, -0.05) is 5.16 Å². The number of hydrogen-bond donors (Lipinski definition) is 0. The normalized spacial score (nSPS) is 17.3. The van der Waals surface area contributed by atoms with Crippen molar-refractivity contribution in [1.82, 2.24) is 20.0 Å². The number of amides is 1. The molecule has 0 N–H and O–H groups in total. The van der Waals surface area contributed by atoms with Crippen molar-refractivity contribution in [3.05, 3.63) is 28.8 Å². The first-order valence-electron chi connectivity index (χ1n) is 10.6. The van der Waals surface area contributed by atoms with Gasteiger partial charge in [-0.05, 0) is 40.0 Å². The van der Waals surface area contributed by atoms with Crippen molar-refractivity contribution < 1.29 is 9.32 Å². The Kier molecular flexibility index (Phi) is 5.69. The highest BCUT2D eigenvalue weighted by molar-refractivity contribution is 5.76. The molecule has 0 saturated carbocycles. The molecular formula is C21H30N6O2. The summed E-state index contributed by atoms with van der Waals surface area (Å²) in [5.74, 6) is 2.83. The Morgan fingerprint density at radius 2 is 1.72 bits per heavy atom. The Labute approximate surface area is 171 Å². The van der Waals surface area contributed by atoms with E-state index in [4.69, 9.17) is 9.51 Å². The van der Waals surface area contributed by atoms with Crippen LogP contribution in [0.3, 0.4) is 0 Å². The number of rotatable bonds is 5. The van der Waals surface area contributed by atoms with Gasteiger partial charge < -0.3 is 19.2 Å². The molecule has 1 amide bonds. The van der Waals surface area contributed by atoms with Gasteiger partial charge >= 0.3 is 0 Å². The molecule has 8 nitrogen and oxygen atoms in total. The van der Waals surface area contributed by atoms with E-state index >= 15 is 0 Å². The van der Waals surface area contributed by atoms with Crippen molar-refractivity contribution in [3.63, 3.8) is 0 Å². The zero-order valence-electron chi connectivity index (χ0n) is 17.6. The first-order valence-corrected chi connectivity index (χ1v) is 10.6. The molecule has 8 heteroatoms. The number of hydrogen-bond acceptors (Lipinski definition) is 7. The lowest BCUT2D eigenvalue weighted by atomic mass is 10.1. The second-order valence-corrected chi connectivity index (χ2v) is 8.03. The Morgan fingerprint density at radius 1 is 1.00 bits per heavy atom. The summed E-state index contributed by atoms with van der Waals surface area (Å²) in [4.78, 5) is 28.6. The van der Waals surface area contributed by atoms with E-state index in [0.717, 1.165) is 73.7 Å². The van der Waals surface area contributed by atoms with E-state index in [1.54, 1.807) is 0 Å². The fourth-order valence-electron chi connectivity index (χ4n) is 4.19. The minimum Gasteiger partial charge on any atom is -0.361 e. The molecule has 2 aliphatic rings. The van der Waals surface area contributed by atoms with E-state index in [9.17, 15) is 4.79 Å². The molecule has 0 aromatic carbocycles. The van der Waals surface area contributed by atoms with Crippen molar-refractivity contribution in [2.45, 2.75) is 46.5 Å². The molecule has 2 aromatic heterocycles. The van der Waals surface area contributed by atoms with Crippen molar-refractivity contribution in [1.29, 1.82) is 0 Å². The first-order chi connectivity index (χ1) is 14.0. The monoisotopic (exact) mass is 398 g/mol. The minimum atomic E-state index is 0.196. The molecule has 2 aromatic rings. The second kappa shape index (κ2) is 8.39. The molecule has 0 bridgehead atoms. The van der Waals surface area contributed by atoms with Gasteiger partial charge in [0.05, 0.1) is 5.69 Å². The summed E-state index contributed by atoms with van der Waals surface area (Å²) in [5.41, 5.74) is 2.94. The largest absolute Gasteiger partial charge is 0.361 e.